The van der Waals surface area contributed by atoms with Crippen LogP contribution in [0.1, 0.15) is 17.2 Å². The van der Waals surface area contributed by atoms with Gasteiger partial charge in [0.15, 0.2) is 6.10 Å². The van der Waals surface area contributed by atoms with Crippen LogP contribution in [0, 0.1) is 0 Å². The molecule has 0 saturated heterocycles. The topological polar surface area (TPSA) is 59.9 Å². The van der Waals surface area contributed by atoms with Gasteiger partial charge in [-0.25, -0.2) is 5.43 Å². The number of hydrazone groups is 1. The lowest BCUT2D eigenvalue weighted by atomic mass is 10.1. The molecule has 6 heteroatoms. The maximum Gasteiger partial charge on any atom is 0.273 e. The van der Waals surface area contributed by atoms with E-state index < -0.39 is 6.10 Å². The fourth-order valence-electron chi connectivity index (χ4n) is 2.15. The molecule has 0 aliphatic carbocycles. The molecule has 5 nitrogen and oxygen atoms in total. The van der Waals surface area contributed by atoms with Crippen molar-refractivity contribution in [3.8, 4) is 5.75 Å². The highest BCUT2D eigenvalue weighted by Gasteiger charge is 2.19. The number of benzene rings is 2. The fraction of sp³-hybridized carbons (Fsp3) is 0.158. The van der Waals surface area contributed by atoms with E-state index in [2.05, 4.69) is 33.0 Å². The number of carbonyl (C=O) groups is 1. The summed E-state index contributed by atoms with van der Waals surface area (Å²) in [7, 11) is 1.48. The number of halogens is 1. The molecule has 2 aromatic carbocycles. The number of carbonyl (C=O) groups excluding carboxylic acids is 1. The van der Waals surface area contributed by atoms with Crippen molar-refractivity contribution in [1.82, 2.24) is 5.43 Å². The third kappa shape index (κ3) is 5.55. The minimum atomic E-state index is -0.725. The second-order valence-corrected chi connectivity index (χ2v) is 5.96. The van der Waals surface area contributed by atoms with Gasteiger partial charge in [-0.3, -0.25) is 4.79 Å². The Kier molecular flexibility index (Phi) is 7.37. The summed E-state index contributed by atoms with van der Waals surface area (Å²) in [4.78, 5) is 12.3. The summed E-state index contributed by atoms with van der Waals surface area (Å²) in [5.74, 6) is 0.293. The van der Waals surface area contributed by atoms with Gasteiger partial charge in [0.05, 0.1) is 6.21 Å². The Bertz CT molecular complexity index is 748. The molecular formula is C19H19BrN2O3. The molecule has 1 unspecified atom stereocenters. The first-order chi connectivity index (χ1) is 12.2. The van der Waals surface area contributed by atoms with Crippen molar-refractivity contribution in [1.29, 1.82) is 0 Å². The normalized spacial score (nSPS) is 11.9. The van der Waals surface area contributed by atoms with E-state index in [1.807, 2.05) is 48.5 Å². The Labute approximate surface area is 155 Å². The first-order valence-electron chi connectivity index (χ1n) is 7.59. The first kappa shape index (κ1) is 18.9. The molecule has 2 rings (SSSR count). The summed E-state index contributed by atoms with van der Waals surface area (Å²) in [6, 6.07) is 14.8. The average molecular weight is 403 g/mol. The summed E-state index contributed by atoms with van der Waals surface area (Å²) in [5, 5.41) is 4.01. The highest BCUT2D eigenvalue weighted by molar-refractivity contribution is 9.10. The molecule has 0 bridgehead atoms. The molecule has 0 aliphatic rings. The van der Waals surface area contributed by atoms with E-state index in [9.17, 15) is 4.79 Å². The second kappa shape index (κ2) is 9.76. The number of nitrogens with one attached hydrogen (secondary N) is 1. The van der Waals surface area contributed by atoms with E-state index >= 15 is 0 Å². The predicted octanol–water partition coefficient (Wildman–Crippen LogP) is 3.85. The van der Waals surface area contributed by atoms with E-state index in [-0.39, 0.29) is 5.91 Å². The van der Waals surface area contributed by atoms with E-state index in [4.69, 9.17) is 9.47 Å². The van der Waals surface area contributed by atoms with Crippen LogP contribution in [0.25, 0.3) is 0 Å². The number of nitrogens with zero attached hydrogens (tertiary/aromatic N) is 1. The molecule has 0 aliphatic heterocycles. The maximum absolute atomic E-state index is 12.3. The molecule has 0 fully saturated rings. The minimum Gasteiger partial charge on any atom is -0.489 e. The first-order valence-corrected chi connectivity index (χ1v) is 8.39. The van der Waals surface area contributed by atoms with Crippen molar-refractivity contribution < 1.29 is 14.3 Å². The van der Waals surface area contributed by atoms with E-state index in [0.717, 1.165) is 15.6 Å². The SMILES string of the molecule is C=CCOc1ccc(Br)cc1C=NNC(=O)C(OC)c1ccccc1. The van der Waals surface area contributed by atoms with Crippen LogP contribution >= 0.6 is 15.9 Å². The lowest BCUT2D eigenvalue weighted by Gasteiger charge is -2.13. The van der Waals surface area contributed by atoms with Crippen LogP contribution in [-0.2, 0) is 9.53 Å². The molecule has 0 aromatic heterocycles. The predicted molar refractivity (Wildman–Crippen MR) is 102 cm³/mol. The molecule has 0 radical (unpaired) electrons. The third-order valence-electron chi connectivity index (χ3n) is 3.28. The van der Waals surface area contributed by atoms with Gasteiger partial charge in [-0.2, -0.15) is 5.10 Å². The fourth-order valence-corrected chi connectivity index (χ4v) is 2.53. The standard InChI is InChI=1S/C19H19BrN2O3/c1-3-11-25-17-10-9-16(20)12-15(17)13-21-22-19(23)18(24-2)14-7-5-4-6-8-14/h3-10,12-13,18H,1,11H2,2H3,(H,22,23). The van der Waals surface area contributed by atoms with Crippen molar-refractivity contribution in [2.45, 2.75) is 6.10 Å². The molecule has 130 valence electrons. The largest absolute Gasteiger partial charge is 0.489 e. The lowest BCUT2D eigenvalue weighted by molar-refractivity contribution is -0.131. The third-order valence-corrected chi connectivity index (χ3v) is 3.78. The summed E-state index contributed by atoms with van der Waals surface area (Å²) in [6.07, 6.45) is 2.46. The van der Waals surface area contributed by atoms with Crippen molar-refractivity contribution in [2.24, 2.45) is 5.10 Å². The second-order valence-electron chi connectivity index (χ2n) is 5.04. The monoisotopic (exact) mass is 402 g/mol. The van der Waals surface area contributed by atoms with E-state index in [0.29, 0.717) is 12.4 Å². The van der Waals surface area contributed by atoms with Gasteiger partial charge in [0, 0.05) is 17.1 Å². The van der Waals surface area contributed by atoms with E-state index in [1.54, 1.807) is 6.08 Å². The molecule has 0 saturated carbocycles. The molecular weight excluding hydrogens is 384 g/mol. The molecule has 2 aromatic rings. The zero-order valence-corrected chi connectivity index (χ0v) is 15.4. The van der Waals surface area contributed by atoms with Crippen LogP contribution in [0.2, 0.25) is 0 Å². The number of ether oxygens (including phenoxy) is 2. The van der Waals surface area contributed by atoms with Gasteiger partial charge in [0.25, 0.3) is 5.91 Å². The van der Waals surface area contributed by atoms with Crippen molar-refractivity contribution in [3.05, 3.63) is 76.8 Å². The molecule has 0 spiro atoms. The summed E-state index contributed by atoms with van der Waals surface area (Å²) in [5.41, 5.74) is 3.98. The maximum atomic E-state index is 12.3. The van der Waals surface area contributed by atoms with Crippen LogP contribution in [0.5, 0.6) is 5.75 Å². The smallest absolute Gasteiger partial charge is 0.273 e. The summed E-state index contributed by atoms with van der Waals surface area (Å²) < 4.78 is 11.7. The van der Waals surface area contributed by atoms with Gasteiger partial charge in [0.1, 0.15) is 12.4 Å². The zero-order valence-electron chi connectivity index (χ0n) is 13.8. The van der Waals surface area contributed by atoms with Crippen molar-refractivity contribution in [3.63, 3.8) is 0 Å². The average Bonchev–Trinajstić information content (AvgIpc) is 2.62. The molecule has 25 heavy (non-hydrogen) atoms. The Morgan fingerprint density at radius 2 is 2.08 bits per heavy atom. The van der Waals surface area contributed by atoms with Crippen LogP contribution < -0.4 is 10.2 Å². The van der Waals surface area contributed by atoms with Crippen LogP contribution in [0.4, 0.5) is 0 Å². The Balaban J connectivity index is 2.08. The van der Waals surface area contributed by atoms with Gasteiger partial charge in [-0.15, -0.1) is 0 Å². The van der Waals surface area contributed by atoms with Crippen molar-refractivity contribution >= 4 is 28.1 Å². The van der Waals surface area contributed by atoms with Gasteiger partial charge < -0.3 is 9.47 Å². The molecule has 1 N–H and O–H groups in total. The zero-order chi connectivity index (χ0) is 18.1. The summed E-state index contributed by atoms with van der Waals surface area (Å²) in [6.45, 7) is 4.01. The van der Waals surface area contributed by atoms with Crippen molar-refractivity contribution in [2.75, 3.05) is 13.7 Å². The van der Waals surface area contributed by atoms with Crippen LogP contribution in [0.3, 0.4) is 0 Å². The Morgan fingerprint density at radius 1 is 1.32 bits per heavy atom. The number of hydrogen-bond acceptors (Lipinski definition) is 4. The van der Waals surface area contributed by atoms with E-state index in [1.165, 1.54) is 13.3 Å². The van der Waals surface area contributed by atoms with Gasteiger partial charge in [0.2, 0.25) is 0 Å². The number of rotatable bonds is 8. The van der Waals surface area contributed by atoms with Gasteiger partial charge in [-0.1, -0.05) is 58.9 Å². The quantitative estimate of drug-likeness (QED) is 0.414. The Morgan fingerprint density at radius 3 is 2.76 bits per heavy atom. The van der Waals surface area contributed by atoms with Gasteiger partial charge in [-0.05, 0) is 23.8 Å². The Hall–Kier alpha value is -2.44. The lowest BCUT2D eigenvalue weighted by Crippen LogP contribution is -2.26. The van der Waals surface area contributed by atoms with Crippen LogP contribution in [0.15, 0.2) is 70.8 Å². The van der Waals surface area contributed by atoms with Crippen LogP contribution in [-0.4, -0.2) is 25.8 Å². The number of amides is 1. The highest BCUT2D eigenvalue weighted by Crippen LogP contribution is 2.22. The molecule has 0 heterocycles. The van der Waals surface area contributed by atoms with Gasteiger partial charge >= 0.3 is 0 Å². The highest BCUT2D eigenvalue weighted by atomic mass is 79.9. The molecule has 1 amide bonds. The number of hydrogen-bond donors (Lipinski definition) is 1. The number of methoxy groups -OCH3 is 1. The summed E-state index contributed by atoms with van der Waals surface area (Å²) >= 11 is 3.41. The minimum absolute atomic E-state index is 0.353. The molecule has 1 atom stereocenters.